The molecule has 0 aliphatic carbocycles. The third-order valence-electron chi connectivity index (χ3n) is 4.22. The van der Waals surface area contributed by atoms with Crippen LogP contribution in [0.1, 0.15) is 0 Å². The van der Waals surface area contributed by atoms with Crippen LogP contribution in [0.25, 0.3) is 0 Å². The molecule has 0 aliphatic rings. The van der Waals surface area contributed by atoms with Crippen LogP contribution in [-0.2, 0) is 0 Å². The van der Waals surface area contributed by atoms with E-state index in [9.17, 15) is 10.5 Å². The standard InChI is InChI=1S/3C6H5.2CN.Bi/c3*1-2-4-6-5-3-1;2*1-2;/h3*1-5H;;;. The average Bonchev–Trinajstić information content (AvgIpc) is 2.67. The molecule has 0 saturated heterocycles. The average molecular weight is 492 g/mol. The molecule has 0 aromatic heterocycles. The zero-order valence-corrected chi connectivity index (χ0v) is 16.0. The Bertz CT molecular complexity index is 774. The van der Waals surface area contributed by atoms with Crippen LogP contribution < -0.4 is 9.81 Å². The molecule has 23 heavy (non-hydrogen) atoms. The van der Waals surface area contributed by atoms with Crippen molar-refractivity contribution in [3.63, 3.8) is 0 Å². The van der Waals surface area contributed by atoms with Gasteiger partial charge in [-0.3, -0.25) is 0 Å². The van der Waals surface area contributed by atoms with Gasteiger partial charge >= 0.3 is 138 Å². The van der Waals surface area contributed by atoms with Crippen molar-refractivity contribution in [2.75, 3.05) is 0 Å². The number of benzene rings is 3. The molecule has 3 aromatic rings. The van der Waals surface area contributed by atoms with Crippen molar-refractivity contribution >= 4 is 28.6 Å². The van der Waals surface area contributed by atoms with E-state index >= 15 is 0 Å². The van der Waals surface area contributed by atoms with Gasteiger partial charge in [-0.2, -0.15) is 0 Å². The molecule has 2 nitrogen and oxygen atoms in total. The zero-order valence-electron chi connectivity index (χ0n) is 12.5. The summed E-state index contributed by atoms with van der Waals surface area (Å²) in [7, 11) is 0. The monoisotopic (exact) mass is 492 g/mol. The predicted octanol–water partition coefficient (Wildman–Crippen LogP) is 2.24. The molecule has 3 aromatic carbocycles. The molecule has 0 radical (unpaired) electrons. The summed E-state index contributed by atoms with van der Waals surface area (Å²) >= 11 is -5.03. The van der Waals surface area contributed by atoms with E-state index in [2.05, 4.69) is 7.55 Å². The van der Waals surface area contributed by atoms with Crippen LogP contribution in [0.2, 0.25) is 0 Å². The molecule has 3 heteroatoms. The molecular weight excluding hydrogens is 477 g/mol. The van der Waals surface area contributed by atoms with E-state index in [1.54, 1.807) is 0 Å². The van der Waals surface area contributed by atoms with Gasteiger partial charge in [0.2, 0.25) is 0 Å². The van der Waals surface area contributed by atoms with Gasteiger partial charge in [-0.1, -0.05) is 0 Å². The summed E-state index contributed by atoms with van der Waals surface area (Å²) in [6, 6.07) is 28.8. The summed E-state index contributed by atoms with van der Waals surface area (Å²) in [6.07, 6.45) is 0. The van der Waals surface area contributed by atoms with Gasteiger partial charge in [-0.25, -0.2) is 0 Å². The molecule has 0 atom stereocenters. The fourth-order valence-corrected chi connectivity index (χ4v) is 18.3. The molecule has 0 amide bonds. The minimum absolute atomic E-state index is 0.862. The third kappa shape index (κ3) is 2.09. The van der Waals surface area contributed by atoms with Gasteiger partial charge in [-0.15, -0.1) is 0 Å². The number of nitriles is 2. The fourth-order valence-electron chi connectivity index (χ4n) is 2.99. The SMILES string of the molecule is N#[C][Bi]([C]#N)([c]1ccccc1)([c]1ccccc1)[c]1ccccc1. The predicted molar refractivity (Wildman–Crippen MR) is 95.2 cm³/mol. The third-order valence-corrected chi connectivity index (χ3v) is 22.8. The summed E-state index contributed by atoms with van der Waals surface area (Å²) in [5, 5.41) is 20.8. The van der Waals surface area contributed by atoms with E-state index < -0.39 is 18.8 Å². The Balaban J connectivity index is 2.54. The first-order valence-corrected chi connectivity index (χ1v) is 16.0. The van der Waals surface area contributed by atoms with Gasteiger partial charge in [0.15, 0.2) is 0 Å². The molecule has 0 unspecified atom stereocenters. The second-order valence-corrected chi connectivity index (χ2v) is 21.6. The van der Waals surface area contributed by atoms with Crippen molar-refractivity contribution in [1.29, 1.82) is 10.5 Å². The van der Waals surface area contributed by atoms with Gasteiger partial charge in [-0.05, 0) is 0 Å². The summed E-state index contributed by atoms with van der Waals surface area (Å²) < 4.78 is 7.75. The number of nitrogens with zero attached hydrogens (tertiary/aromatic N) is 2. The molecule has 110 valence electrons. The first kappa shape index (κ1) is 15.4. The normalized spacial score (nSPS) is 12.3. The van der Waals surface area contributed by atoms with Gasteiger partial charge in [0.05, 0.1) is 0 Å². The van der Waals surface area contributed by atoms with Crippen molar-refractivity contribution in [3.05, 3.63) is 91.0 Å². The molecule has 0 aliphatic heterocycles. The van der Waals surface area contributed by atoms with Crippen LogP contribution in [-0.4, -0.2) is 18.8 Å². The molecule has 0 fully saturated rings. The fraction of sp³-hybridized carbons (Fsp3) is 0. The Morgan fingerprint density at radius 2 is 0.739 bits per heavy atom. The first-order chi connectivity index (χ1) is 11.3. The molecular formula is C20H15BiN2. The molecule has 3 rings (SSSR count). The zero-order chi connectivity index (χ0) is 16.2. The second-order valence-electron chi connectivity index (χ2n) is 5.32. The Hall–Kier alpha value is -2.48. The Morgan fingerprint density at radius 3 is 0.957 bits per heavy atom. The van der Waals surface area contributed by atoms with Crippen LogP contribution >= 0.6 is 0 Å². The van der Waals surface area contributed by atoms with Crippen molar-refractivity contribution < 1.29 is 0 Å². The molecule has 0 N–H and O–H groups in total. The Kier molecular flexibility index (Phi) is 4.00. The van der Waals surface area contributed by atoms with Crippen molar-refractivity contribution in [3.8, 4) is 7.55 Å². The first-order valence-electron chi connectivity index (χ1n) is 7.30. The Labute approximate surface area is 137 Å². The second kappa shape index (κ2) is 5.96. The van der Waals surface area contributed by atoms with Gasteiger partial charge in [0.1, 0.15) is 0 Å². The molecule has 0 bridgehead atoms. The van der Waals surface area contributed by atoms with Gasteiger partial charge in [0.25, 0.3) is 0 Å². The van der Waals surface area contributed by atoms with E-state index in [-0.39, 0.29) is 0 Å². The van der Waals surface area contributed by atoms with Crippen LogP contribution in [0.15, 0.2) is 91.0 Å². The number of rotatable bonds is 3. The van der Waals surface area contributed by atoms with E-state index in [1.165, 1.54) is 0 Å². The van der Waals surface area contributed by atoms with Crippen molar-refractivity contribution in [2.45, 2.75) is 0 Å². The van der Waals surface area contributed by atoms with E-state index in [1.807, 2.05) is 91.0 Å². The quantitative estimate of drug-likeness (QED) is 0.527. The van der Waals surface area contributed by atoms with E-state index in [0.29, 0.717) is 0 Å². The molecule has 0 heterocycles. The summed E-state index contributed by atoms with van der Waals surface area (Å²) in [6.45, 7) is 0. The van der Waals surface area contributed by atoms with Gasteiger partial charge < -0.3 is 0 Å². The number of hydrogen-bond acceptors (Lipinski definition) is 2. The Morgan fingerprint density at radius 1 is 0.478 bits per heavy atom. The molecule has 0 saturated carbocycles. The number of hydrogen-bond donors (Lipinski definition) is 0. The summed E-state index contributed by atoms with van der Waals surface area (Å²) in [5.74, 6) is 0. The van der Waals surface area contributed by atoms with E-state index in [0.717, 1.165) is 9.81 Å². The summed E-state index contributed by atoms with van der Waals surface area (Å²) in [5.41, 5.74) is 0. The minimum atomic E-state index is -5.03. The summed E-state index contributed by atoms with van der Waals surface area (Å²) in [4.78, 5) is 0. The van der Waals surface area contributed by atoms with Crippen LogP contribution in [0.3, 0.4) is 0 Å². The topological polar surface area (TPSA) is 47.6 Å². The van der Waals surface area contributed by atoms with Crippen LogP contribution in [0, 0.1) is 18.1 Å². The molecule has 0 spiro atoms. The maximum absolute atomic E-state index is 10.4. The van der Waals surface area contributed by atoms with Crippen LogP contribution in [0.4, 0.5) is 0 Å². The van der Waals surface area contributed by atoms with E-state index in [4.69, 9.17) is 0 Å². The van der Waals surface area contributed by atoms with Crippen molar-refractivity contribution in [1.82, 2.24) is 0 Å². The van der Waals surface area contributed by atoms with Crippen LogP contribution in [0.5, 0.6) is 0 Å². The van der Waals surface area contributed by atoms with Crippen molar-refractivity contribution in [2.24, 2.45) is 0 Å². The maximum atomic E-state index is 10.4. The van der Waals surface area contributed by atoms with Gasteiger partial charge in [0, 0.05) is 0 Å².